The number of nitrogens with one attached hydrogen (secondary N) is 1. The number of unbranched alkanes of at least 4 members (excludes halogenated alkanes) is 1. The molecule has 7 nitrogen and oxygen atoms in total. The van der Waals surface area contributed by atoms with Gasteiger partial charge in [-0.05, 0) is 31.0 Å². The van der Waals surface area contributed by atoms with Crippen LogP contribution >= 0.6 is 0 Å². The number of carboxylic acid groups (broad SMARTS) is 1. The lowest BCUT2D eigenvalue weighted by atomic mass is 10.1. The smallest absolute Gasteiger partial charge is 0.326 e. The van der Waals surface area contributed by atoms with Crippen LogP contribution in [-0.4, -0.2) is 48.8 Å². The SMILES string of the molecule is CCCC[C@H](NC(=O)c1cc(S(=O)(=O)N(CC)CC)ccc1C)C(=O)O. The molecule has 0 saturated carbocycles. The summed E-state index contributed by atoms with van der Waals surface area (Å²) in [5.74, 6) is -1.68. The highest BCUT2D eigenvalue weighted by molar-refractivity contribution is 7.89. The summed E-state index contributed by atoms with van der Waals surface area (Å²) in [6, 6.07) is 3.35. The zero-order valence-corrected chi connectivity index (χ0v) is 16.6. The molecule has 1 rings (SSSR count). The van der Waals surface area contributed by atoms with E-state index < -0.39 is 27.9 Å². The Morgan fingerprint density at radius 2 is 1.81 bits per heavy atom. The molecule has 0 aliphatic heterocycles. The van der Waals surface area contributed by atoms with E-state index >= 15 is 0 Å². The molecule has 0 heterocycles. The molecule has 0 spiro atoms. The molecule has 0 aromatic heterocycles. The van der Waals surface area contributed by atoms with E-state index in [1.54, 1.807) is 26.8 Å². The number of carbonyl (C=O) groups is 2. The molecule has 1 aromatic rings. The van der Waals surface area contributed by atoms with Gasteiger partial charge in [-0.15, -0.1) is 0 Å². The summed E-state index contributed by atoms with van der Waals surface area (Å²) in [6.07, 6.45) is 1.82. The molecule has 0 bridgehead atoms. The van der Waals surface area contributed by atoms with Gasteiger partial charge in [-0.25, -0.2) is 13.2 Å². The Balaban J connectivity index is 3.17. The van der Waals surface area contributed by atoms with Crippen molar-refractivity contribution in [1.82, 2.24) is 9.62 Å². The molecule has 26 heavy (non-hydrogen) atoms. The summed E-state index contributed by atoms with van der Waals surface area (Å²) < 4.78 is 26.6. The van der Waals surface area contributed by atoms with E-state index in [9.17, 15) is 23.1 Å². The minimum Gasteiger partial charge on any atom is -0.480 e. The maximum absolute atomic E-state index is 12.7. The summed E-state index contributed by atoms with van der Waals surface area (Å²) in [5, 5.41) is 11.8. The number of nitrogens with zero attached hydrogens (tertiary/aromatic N) is 1. The molecule has 1 amide bonds. The van der Waals surface area contributed by atoms with Crippen molar-refractivity contribution in [1.29, 1.82) is 0 Å². The molecule has 0 saturated heterocycles. The topological polar surface area (TPSA) is 104 Å². The number of hydrogen-bond acceptors (Lipinski definition) is 4. The molecular formula is C18H28N2O5S. The fourth-order valence-electron chi connectivity index (χ4n) is 2.62. The van der Waals surface area contributed by atoms with Gasteiger partial charge in [0.25, 0.3) is 5.91 Å². The third-order valence-electron chi connectivity index (χ3n) is 4.25. The Labute approximate surface area is 155 Å². The molecule has 0 radical (unpaired) electrons. The van der Waals surface area contributed by atoms with Crippen LogP contribution in [0.5, 0.6) is 0 Å². The Hall–Kier alpha value is -1.93. The lowest BCUT2D eigenvalue weighted by Gasteiger charge is -2.20. The first kappa shape index (κ1) is 22.1. The molecule has 2 N–H and O–H groups in total. The van der Waals surface area contributed by atoms with Crippen LogP contribution in [0.15, 0.2) is 23.1 Å². The van der Waals surface area contributed by atoms with Crippen molar-refractivity contribution in [2.24, 2.45) is 0 Å². The Kier molecular flexibility index (Phi) is 8.23. The lowest BCUT2D eigenvalue weighted by molar-refractivity contribution is -0.139. The van der Waals surface area contributed by atoms with Crippen LogP contribution in [0.3, 0.4) is 0 Å². The number of benzene rings is 1. The average molecular weight is 384 g/mol. The van der Waals surface area contributed by atoms with E-state index in [0.717, 1.165) is 6.42 Å². The van der Waals surface area contributed by atoms with Gasteiger partial charge in [0.1, 0.15) is 6.04 Å². The highest BCUT2D eigenvalue weighted by Crippen LogP contribution is 2.20. The first-order valence-corrected chi connectivity index (χ1v) is 10.3. The predicted molar refractivity (Wildman–Crippen MR) is 99.7 cm³/mol. The second-order valence-electron chi connectivity index (χ2n) is 6.07. The maximum atomic E-state index is 12.7. The highest BCUT2D eigenvalue weighted by Gasteiger charge is 2.25. The van der Waals surface area contributed by atoms with Gasteiger partial charge in [0, 0.05) is 18.7 Å². The van der Waals surface area contributed by atoms with Gasteiger partial charge >= 0.3 is 5.97 Å². The third-order valence-corrected chi connectivity index (χ3v) is 6.29. The molecule has 0 aliphatic carbocycles. The van der Waals surface area contributed by atoms with E-state index in [1.165, 1.54) is 16.4 Å². The van der Waals surface area contributed by atoms with Gasteiger partial charge in [-0.3, -0.25) is 4.79 Å². The molecular weight excluding hydrogens is 356 g/mol. The van der Waals surface area contributed by atoms with Crippen LogP contribution in [0.25, 0.3) is 0 Å². The van der Waals surface area contributed by atoms with E-state index in [0.29, 0.717) is 31.5 Å². The average Bonchev–Trinajstić information content (AvgIpc) is 2.59. The molecule has 0 aliphatic rings. The van der Waals surface area contributed by atoms with Crippen molar-refractivity contribution in [3.05, 3.63) is 29.3 Å². The number of rotatable bonds is 10. The number of aryl methyl sites for hydroxylation is 1. The van der Waals surface area contributed by atoms with E-state index in [4.69, 9.17) is 0 Å². The van der Waals surface area contributed by atoms with Crippen LogP contribution in [0, 0.1) is 6.92 Å². The van der Waals surface area contributed by atoms with Crippen LogP contribution in [-0.2, 0) is 14.8 Å². The second kappa shape index (κ2) is 9.68. The van der Waals surface area contributed by atoms with Gasteiger partial charge in [-0.1, -0.05) is 39.7 Å². The summed E-state index contributed by atoms with van der Waals surface area (Å²) in [4.78, 5) is 23.9. The van der Waals surface area contributed by atoms with Gasteiger partial charge in [-0.2, -0.15) is 4.31 Å². The second-order valence-corrected chi connectivity index (χ2v) is 8.01. The quantitative estimate of drug-likeness (QED) is 0.645. The Bertz CT molecular complexity index is 742. The van der Waals surface area contributed by atoms with Crippen molar-refractivity contribution in [2.45, 2.75) is 57.9 Å². The summed E-state index contributed by atoms with van der Waals surface area (Å²) in [6.45, 7) is 7.76. The molecule has 0 unspecified atom stereocenters. The van der Waals surface area contributed by atoms with Crippen molar-refractivity contribution in [3.63, 3.8) is 0 Å². The van der Waals surface area contributed by atoms with Crippen molar-refractivity contribution in [2.75, 3.05) is 13.1 Å². The zero-order valence-electron chi connectivity index (χ0n) is 15.8. The van der Waals surface area contributed by atoms with E-state index in [1.807, 2.05) is 6.92 Å². The van der Waals surface area contributed by atoms with Gasteiger partial charge in [0.15, 0.2) is 0 Å². The lowest BCUT2D eigenvalue weighted by Crippen LogP contribution is -2.41. The van der Waals surface area contributed by atoms with Crippen molar-refractivity contribution < 1.29 is 23.1 Å². The number of carboxylic acids is 1. The fourth-order valence-corrected chi connectivity index (χ4v) is 4.11. The first-order valence-electron chi connectivity index (χ1n) is 8.83. The number of hydrogen-bond donors (Lipinski definition) is 2. The normalized spacial score (nSPS) is 12.8. The first-order chi connectivity index (χ1) is 12.2. The van der Waals surface area contributed by atoms with Crippen LogP contribution in [0.2, 0.25) is 0 Å². The van der Waals surface area contributed by atoms with Crippen LogP contribution in [0.4, 0.5) is 0 Å². The monoisotopic (exact) mass is 384 g/mol. The maximum Gasteiger partial charge on any atom is 0.326 e. The Morgan fingerprint density at radius 1 is 1.19 bits per heavy atom. The van der Waals surface area contributed by atoms with Gasteiger partial charge < -0.3 is 10.4 Å². The molecule has 146 valence electrons. The minimum absolute atomic E-state index is 0.0254. The summed E-state index contributed by atoms with van der Waals surface area (Å²) in [5.41, 5.74) is 0.751. The van der Waals surface area contributed by atoms with E-state index in [-0.39, 0.29) is 10.5 Å². The highest BCUT2D eigenvalue weighted by atomic mass is 32.2. The summed E-state index contributed by atoms with van der Waals surface area (Å²) >= 11 is 0. The number of sulfonamides is 1. The predicted octanol–water partition coefficient (Wildman–Crippen LogP) is 2.40. The number of aliphatic carboxylic acids is 1. The van der Waals surface area contributed by atoms with Gasteiger partial charge in [0.2, 0.25) is 10.0 Å². The van der Waals surface area contributed by atoms with Crippen molar-refractivity contribution in [3.8, 4) is 0 Å². The fraction of sp³-hybridized carbons (Fsp3) is 0.556. The minimum atomic E-state index is -3.70. The molecule has 0 fully saturated rings. The summed E-state index contributed by atoms with van der Waals surface area (Å²) in [7, 11) is -3.70. The van der Waals surface area contributed by atoms with Gasteiger partial charge in [0.05, 0.1) is 4.90 Å². The molecule has 8 heteroatoms. The van der Waals surface area contributed by atoms with E-state index in [2.05, 4.69) is 5.32 Å². The standard InChI is InChI=1S/C18H28N2O5S/c1-5-8-9-16(18(22)23)19-17(21)15-12-14(11-10-13(15)4)26(24,25)20(6-2)7-3/h10-12,16H,5-9H2,1-4H3,(H,19,21)(H,22,23)/t16-/m0/s1. The van der Waals surface area contributed by atoms with Crippen LogP contribution < -0.4 is 5.32 Å². The number of amides is 1. The molecule has 1 aromatic carbocycles. The van der Waals surface area contributed by atoms with Crippen molar-refractivity contribution >= 4 is 21.9 Å². The molecule has 1 atom stereocenters. The largest absolute Gasteiger partial charge is 0.480 e. The number of carbonyl (C=O) groups excluding carboxylic acids is 1. The zero-order chi connectivity index (χ0) is 19.9. The third kappa shape index (κ3) is 5.28. The van der Waals surface area contributed by atoms with Crippen LogP contribution in [0.1, 0.15) is 56.0 Å². The Morgan fingerprint density at radius 3 is 2.31 bits per heavy atom.